The summed E-state index contributed by atoms with van der Waals surface area (Å²) in [6.07, 6.45) is 0.930. The van der Waals surface area contributed by atoms with Gasteiger partial charge in [-0.2, -0.15) is 4.98 Å². The number of hydrogen-bond donors (Lipinski definition) is 1. The largest absolute Gasteiger partial charge is 0.478 e. The summed E-state index contributed by atoms with van der Waals surface area (Å²) in [5.74, 6) is 0.372. The van der Waals surface area contributed by atoms with Crippen LogP contribution in [-0.4, -0.2) is 21.2 Å². The van der Waals surface area contributed by atoms with Gasteiger partial charge in [-0.3, -0.25) is 0 Å². The van der Waals surface area contributed by atoms with E-state index in [-0.39, 0.29) is 11.5 Å². The number of nitrogens with zero attached hydrogens (tertiary/aromatic N) is 2. The number of aromatic carboxylic acids is 1. The van der Waals surface area contributed by atoms with Crippen LogP contribution in [0.3, 0.4) is 0 Å². The molecule has 0 bridgehead atoms. The molecule has 5 nitrogen and oxygen atoms in total. The van der Waals surface area contributed by atoms with Crippen molar-refractivity contribution in [3.8, 4) is 11.4 Å². The van der Waals surface area contributed by atoms with Gasteiger partial charge < -0.3 is 9.63 Å². The minimum atomic E-state index is -0.949. The summed E-state index contributed by atoms with van der Waals surface area (Å²) >= 11 is 0. The van der Waals surface area contributed by atoms with Crippen molar-refractivity contribution in [2.45, 2.75) is 26.2 Å². The lowest BCUT2D eigenvalue weighted by molar-refractivity contribution is 0.0697. The van der Waals surface area contributed by atoms with Gasteiger partial charge in [0.1, 0.15) is 0 Å². The van der Waals surface area contributed by atoms with E-state index in [2.05, 4.69) is 17.1 Å². The van der Waals surface area contributed by atoms with Crippen LogP contribution >= 0.6 is 0 Å². The number of rotatable bonds is 4. The Balaban J connectivity index is 2.26. The highest BCUT2D eigenvalue weighted by atomic mass is 16.5. The molecule has 0 aliphatic rings. The van der Waals surface area contributed by atoms with E-state index in [4.69, 9.17) is 9.63 Å². The Morgan fingerprint density at radius 2 is 2.06 bits per heavy atom. The fourth-order valence-electron chi connectivity index (χ4n) is 1.49. The van der Waals surface area contributed by atoms with Gasteiger partial charge in [0.2, 0.25) is 11.7 Å². The fraction of sp³-hybridized carbons (Fsp3) is 0.308. The highest BCUT2D eigenvalue weighted by molar-refractivity contribution is 5.88. The molecule has 18 heavy (non-hydrogen) atoms. The molecule has 0 aliphatic carbocycles. The molecule has 0 saturated carbocycles. The second-order valence-corrected chi connectivity index (χ2v) is 4.15. The number of aromatic nitrogens is 2. The SMILES string of the molecule is CCC(C)c1nc(-c2ccc(C(=O)O)cc2)no1. The lowest BCUT2D eigenvalue weighted by Crippen LogP contribution is -1.95. The van der Waals surface area contributed by atoms with E-state index < -0.39 is 5.97 Å². The first-order valence-corrected chi connectivity index (χ1v) is 5.79. The van der Waals surface area contributed by atoms with E-state index in [0.29, 0.717) is 11.7 Å². The summed E-state index contributed by atoms with van der Waals surface area (Å²) in [6, 6.07) is 6.40. The second kappa shape index (κ2) is 5.00. The predicted octanol–water partition coefficient (Wildman–Crippen LogP) is 2.95. The molecule has 0 spiro atoms. The molecular formula is C13H14N2O3. The van der Waals surface area contributed by atoms with Crippen LogP contribution in [0.2, 0.25) is 0 Å². The predicted molar refractivity (Wildman–Crippen MR) is 65.4 cm³/mol. The van der Waals surface area contributed by atoms with Crippen LogP contribution in [0.4, 0.5) is 0 Å². The lowest BCUT2D eigenvalue weighted by atomic mass is 10.1. The highest BCUT2D eigenvalue weighted by Crippen LogP contribution is 2.21. The zero-order valence-corrected chi connectivity index (χ0v) is 10.3. The third-order valence-corrected chi connectivity index (χ3v) is 2.87. The van der Waals surface area contributed by atoms with Gasteiger partial charge in [0.25, 0.3) is 0 Å². The normalized spacial score (nSPS) is 12.3. The van der Waals surface area contributed by atoms with Gasteiger partial charge in [-0.05, 0) is 18.6 Å². The molecule has 1 N–H and O–H groups in total. The molecular weight excluding hydrogens is 232 g/mol. The molecule has 1 heterocycles. The van der Waals surface area contributed by atoms with E-state index >= 15 is 0 Å². The number of carboxylic acids is 1. The fourth-order valence-corrected chi connectivity index (χ4v) is 1.49. The first-order chi connectivity index (χ1) is 8.61. The minimum Gasteiger partial charge on any atom is -0.478 e. The average molecular weight is 246 g/mol. The first-order valence-electron chi connectivity index (χ1n) is 5.79. The summed E-state index contributed by atoms with van der Waals surface area (Å²) in [5, 5.41) is 12.7. The van der Waals surface area contributed by atoms with Gasteiger partial charge in [-0.1, -0.05) is 31.1 Å². The maximum atomic E-state index is 10.7. The molecule has 1 atom stereocenters. The molecule has 1 unspecified atom stereocenters. The monoisotopic (exact) mass is 246 g/mol. The van der Waals surface area contributed by atoms with Crippen LogP contribution in [0.25, 0.3) is 11.4 Å². The molecule has 2 aromatic rings. The van der Waals surface area contributed by atoms with E-state index in [0.717, 1.165) is 12.0 Å². The van der Waals surface area contributed by atoms with Gasteiger partial charge in [-0.25, -0.2) is 4.79 Å². The zero-order valence-electron chi connectivity index (χ0n) is 10.3. The summed E-state index contributed by atoms with van der Waals surface area (Å²) in [6.45, 7) is 4.07. The van der Waals surface area contributed by atoms with E-state index in [1.807, 2.05) is 6.92 Å². The third kappa shape index (κ3) is 2.40. The second-order valence-electron chi connectivity index (χ2n) is 4.15. The van der Waals surface area contributed by atoms with Crippen LogP contribution < -0.4 is 0 Å². The van der Waals surface area contributed by atoms with Gasteiger partial charge in [0.05, 0.1) is 5.56 Å². The van der Waals surface area contributed by atoms with Crippen molar-refractivity contribution in [3.63, 3.8) is 0 Å². The Labute approximate surface area is 104 Å². The number of hydrogen-bond acceptors (Lipinski definition) is 4. The highest BCUT2D eigenvalue weighted by Gasteiger charge is 2.13. The first kappa shape index (κ1) is 12.3. The van der Waals surface area contributed by atoms with Gasteiger partial charge >= 0.3 is 5.97 Å². The smallest absolute Gasteiger partial charge is 0.335 e. The maximum Gasteiger partial charge on any atom is 0.335 e. The summed E-state index contributed by atoms with van der Waals surface area (Å²) in [5.41, 5.74) is 0.989. The third-order valence-electron chi connectivity index (χ3n) is 2.87. The zero-order chi connectivity index (χ0) is 13.1. The van der Waals surface area contributed by atoms with Crippen molar-refractivity contribution in [1.29, 1.82) is 0 Å². The summed E-state index contributed by atoms with van der Waals surface area (Å²) < 4.78 is 5.17. The van der Waals surface area contributed by atoms with E-state index in [1.54, 1.807) is 12.1 Å². The standard InChI is InChI=1S/C13H14N2O3/c1-3-8(2)12-14-11(15-18-12)9-4-6-10(7-5-9)13(16)17/h4-8H,3H2,1-2H3,(H,16,17). The Bertz CT molecular complexity index is 546. The Morgan fingerprint density at radius 1 is 1.39 bits per heavy atom. The molecule has 2 rings (SSSR count). The van der Waals surface area contributed by atoms with Crippen molar-refractivity contribution >= 4 is 5.97 Å². The van der Waals surface area contributed by atoms with Crippen LogP contribution in [0.5, 0.6) is 0 Å². The molecule has 1 aromatic carbocycles. The minimum absolute atomic E-state index is 0.226. The number of carboxylic acid groups (broad SMARTS) is 1. The van der Waals surface area contributed by atoms with Crippen LogP contribution in [0, 0.1) is 0 Å². The quantitative estimate of drug-likeness (QED) is 0.897. The lowest BCUT2D eigenvalue weighted by Gasteiger charge is -1.99. The van der Waals surface area contributed by atoms with Crippen molar-refractivity contribution < 1.29 is 14.4 Å². The van der Waals surface area contributed by atoms with Crippen molar-refractivity contribution in [3.05, 3.63) is 35.7 Å². The Morgan fingerprint density at radius 3 is 2.61 bits per heavy atom. The average Bonchev–Trinajstić information content (AvgIpc) is 2.87. The van der Waals surface area contributed by atoms with Gasteiger partial charge in [0, 0.05) is 11.5 Å². The molecule has 0 aliphatic heterocycles. The van der Waals surface area contributed by atoms with Crippen LogP contribution in [0.15, 0.2) is 28.8 Å². The van der Waals surface area contributed by atoms with Crippen molar-refractivity contribution in [2.75, 3.05) is 0 Å². The molecule has 5 heteroatoms. The molecule has 94 valence electrons. The Kier molecular flexibility index (Phi) is 3.41. The van der Waals surface area contributed by atoms with Crippen LogP contribution in [0.1, 0.15) is 42.4 Å². The topological polar surface area (TPSA) is 76.2 Å². The summed E-state index contributed by atoms with van der Waals surface area (Å²) in [7, 11) is 0. The molecule has 0 saturated heterocycles. The Hall–Kier alpha value is -2.17. The van der Waals surface area contributed by atoms with Gasteiger partial charge in [0.15, 0.2) is 0 Å². The molecule has 0 radical (unpaired) electrons. The maximum absolute atomic E-state index is 10.7. The van der Waals surface area contributed by atoms with Crippen molar-refractivity contribution in [2.24, 2.45) is 0 Å². The summed E-state index contributed by atoms with van der Waals surface area (Å²) in [4.78, 5) is 15.0. The molecule has 0 amide bonds. The van der Waals surface area contributed by atoms with E-state index in [9.17, 15) is 4.79 Å². The van der Waals surface area contributed by atoms with E-state index in [1.165, 1.54) is 12.1 Å². The number of carbonyl (C=O) groups is 1. The van der Waals surface area contributed by atoms with Crippen molar-refractivity contribution in [1.82, 2.24) is 10.1 Å². The molecule has 1 aromatic heterocycles. The molecule has 0 fully saturated rings. The van der Waals surface area contributed by atoms with Crippen LogP contribution in [-0.2, 0) is 0 Å². The van der Waals surface area contributed by atoms with Gasteiger partial charge in [-0.15, -0.1) is 0 Å². The number of benzene rings is 1.